The van der Waals surface area contributed by atoms with Gasteiger partial charge < -0.3 is 4.90 Å². The van der Waals surface area contributed by atoms with Crippen molar-refractivity contribution >= 4 is 28.1 Å². The number of imide groups is 1. The Morgan fingerprint density at radius 1 is 1.25 bits per heavy atom. The molecule has 0 heterocycles. The van der Waals surface area contributed by atoms with Gasteiger partial charge in [-0.3, -0.25) is 4.79 Å². The third-order valence-electron chi connectivity index (χ3n) is 1.48. The number of urea groups is 1. The Bertz CT molecular complexity index is 180. The predicted molar refractivity (Wildman–Crippen MR) is 49.8 cm³/mol. The number of hydrogen-bond donors (Lipinski definition) is 0. The van der Waals surface area contributed by atoms with Crippen molar-refractivity contribution in [3.63, 3.8) is 0 Å². The predicted octanol–water partition coefficient (Wildman–Crippen LogP) is 1.61. The first-order chi connectivity index (χ1) is 5.54. The standard InChI is InChI=1S/C7H13BrN2O2/c1-4-9(5-2)7(12)10(8)6(3)11/h4-5H2,1-3H3. The molecule has 0 aromatic rings. The highest BCUT2D eigenvalue weighted by atomic mass is 79.9. The zero-order chi connectivity index (χ0) is 9.72. The van der Waals surface area contributed by atoms with Crippen LogP contribution in [0.25, 0.3) is 0 Å². The Morgan fingerprint density at radius 3 is 1.92 bits per heavy atom. The first-order valence-corrected chi connectivity index (χ1v) is 4.50. The van der Waals surface area contributed by atoms with Crippen LogP contribution in [0.15, 0.2) is 0 Å². The fourth-order valence-electron chi connectivity index (χ4n) is 0.753. The highest BCUT2D eigenvalue weighted by Crippen LogP contribution is 2.04. The third kappa shape index (κ3) is 2.81. The molecule has 0 radical (unpaired) electrons. The van der Waals surface area contributed by atoms with Gasteiger partial charge in [-0.2, -0.15) is 3.93 Å². The molecule has 0 rings (SSSR count). The van der Waals surface area contributed by atoms with Crippen LogP contribution in [0, 0.1) is 0 Å². The summed E-state index contributed by atoms with van der Waals surface area (Å²) >= 11 is 2.88. The fourth-order valence-corrected chi connectivity index (χ4v) is 0.977. The minimum atomic E-state index is -0.313. The van der Waals surface area contributed by atoms with E-state index in [1.165, 1.54) is 6.92 Å². The summed E-state index contributed by atoms with van der Waals surface area (Å²) in [6.07, 6.45) is 0. The normalized spacial score (nSPS) is 9.33. The lowest BCUT2D eigenvalue weighted by molar-refractivity contribution is -0.122. The molecule has 4 nitrogen and oxygen atoms in total. The van der Waals surface area contributed by atoms with E-state index in [1.54, 1.807) is 4.90 Å². The molecule has 5 heteroatoms. The van der Waals surface area contributed by atoms with Crippen molar-refractivity contribution in [3.05, 3.63) is 0 Å². The number of amides is 3. The Labute approximate surface area is 80.8 Å². The average molecular weight is 237 g/mol. The van der Waals surface area contributed by atoms with E-state index in [2.05, 4.69) is 16.1 Å². The molecule has 0 aliphatic carbocycles. The third-order valence-corrected chi connectivity index (χ3v) is 2.28. The van der Waals surface area contributed by atoms with E-state index in [1.807, 2.05) is 13.8 Å². The first-order valence-electron chi connectivity index (χ1n) is 3.79. The Hall–Kier alpha value is -0.580. The fraction of sp³-hybridized carbons (Fsp3) is 0.714. The molecule has 0 aliphatic rings. The molecule has 0 saturated heterocycles. The molecule has 3 amide bonds. The lowest BCUT2D eigenvalue weighted by Crippen LogP contribution is -2.39. The van der Waals surface area contributed by atoms with Crippen molar-refractivity contribution in [1.29, 1.82) is 0 Å². The van der Waals surface area contributed by atoms with Gasteiger partial charge in [-0.1, -0.05) is 0 Å². The van der Waals surface area contributed by atoms with Crippen molar-refractivity contribution in [3.8, 4) is 0 Å². The molecule has 0 atom stereocenters. The van der Waals surface area contributed by atoms with Gasteiger partial charge in [-0.05, 0) is 13.8 Å². The number of halogens is 1. The molecule has 0 N–H and O–H groups in total. The van der Waals surface area contributed by atoms with E-state index >= 15 is 0 Å². The maximum Gasteiger partial charge on any atom is 0.337 e. The molecule has 0 saturated carbocycles. The molecule has 0 aromatic carbocycles. The maximum absolute atomic E-state index is 11.3. The molecule has 0 bridgehead atoms. The number of hydrogen-bond acceptors (Lipinski definition) is 2. The molecule has 0 unspecified atom stereocenters. The van der Waals surface area contributed by atoms with E-state index in [0.29, 0.717) is 13.1 Å². The summed E-state index contributed by atoms with van der Waals surface area (Å²) in [5.74, 6) is -0.313. The summed E-state index contributed by atoms with van der Waals surface area (Å²) in [5, 5.41) is 0. The highest BCUT2D eigenvalue weighted by Gasteiger charge is 2.19. The second kappa shape index (κ2) is 5.13. The van der Waals surface area contributed by atoms with E-state index in [9.17, 15) is 9.59 Å². The number of nitrogens with zero attached hydrogens (tertiary/aromatic N) is 2. The van der Waals surface area contributed by atoms with E-state index in [4.69, 9.17) is 0 Å². The van der Waals surface area contributed by atoms with Crippen LogP contribution in [0.5, 0.6) is 0 Å². The van der Waals surface area contributed by atoms with Gasteiger partial charge in [-0.25, -0.2) is 4.79 Å². The summed E-state index contributed by atoms with van der Waals surface area (Å²) in [5.41, 5.74) is 0. The van der Waals surface area contributed by atoms with Gasteiger partial charge in [0.1, 0.15) is 0 Å². The lowest BCUT2D eigenvalue weighted by atomic mass is 10.5. The summed E-state index contributed by atoms with van der Waals surface area (Å²) in [6, 6.07) is -0.312. The van der Waals surface area contributed by atoms with Crippen LogP contribution in [0.1, 0.15) is 20.8 Å². The van der Waals surface area contributed by atoms with Crippen LogP contribution < -0.4 is 0 Å². The topological polar surface area (TPSA) is 40.6 Å². The zero-order valence-corrected chi connectivity index (χ0v) is 9.09. The minimum Gasteiger partial charge on any atom is -0.324 e. The van der Waals surface area contributed by atoms with Gasteiger partial charge in [0.05, 0.1) is 16.1 Å². The average Bonchev–Trinajstić information content (AvgIpc) is 2.05. The van der Waals surface area contributed by atoms with Crippen LogP contribution in [-0.4, -0.2) is 33.9 Å². The van der Waals surface area contributed by atoms with Crippen LogP contribution in [0.2, 0.25) is 0 Å². The van der Waals surface area contributed by atoms with Gasteiger partial charge in [0.15, 0.2) is 0 Å². The summed E-state index contributed by atoms with van der Waals surface area (Å²) in [7, 11) is 0. The minimum absolute atomic E-state index is 0.312. The van der Waals surface area contributed by atoms with Crippen LogP contribution >= 0.6 is 16.1 Å². The second-order valence-electron chi connectivity index (χ2n) is 2.25. The SMILES string of the molecule is CCN(CC)C(=O)N(Br)C(C)=O. The van der Waals surface area contributed by atoms with E-state index < -0.39 is 0 Å². The van der Waals surface area contributed by atoms with Crippen molar-refractivity contribution < 1.29 is 9.59 Å². The summed E-state index contributed by atoms with van der Waals surface area (Å²) in [4.78, 5) is 23.6. The molecule has 0 aromatic heterocycles. The van der Waals surface area contributed by atoms with E-state index in [0.717, 1.165) is 3.93 Å². The zero-order valence-electron chi connectivity index (χ0n) is 7.50. The first kappa shape index (κ1) is 11.4. The highest BCUT2D eigenvalue weighted by molar-refractivity contribution is 9.08. The summed E-state index contributed by atoms with van der Waals surface area (Å²) in [6.45, 7) is 6.26. The molecular formula is C7H13BrN2O2. The van der Waals surface area contributed by atoms with Gasteiger partial charge in [0, 0.05) is 20.0 Å². The largest absolute Gasteiger partial charge is 0.337 e. The summed E-state index contributed by atoms with van der Waals surface area (Å²) < 4.78 is 0.931. The molecule has 70 valence electrons. The molecule has 0 aliphatic heterocycles. The van der Waals surface area contributed by atoms with E-state index in [-0.39, 0.29) is 11.9 Å². The molecule has 12 heavy (non-hydrogen) atoms. The van der Waals surface area contributed by atoms with Crippen molar-refractivity contribution in [2.24, 2.45) is 0 Å². The molecule has 0 fully saturated rings. The van der Waals surface area contributed by atoms with Crippen LogP contribution in [0.4, 0.5) is 4.79 Å². The number of rotatable bonds is 2. The van der Waals surface area contributed by atoms with Crippen molar-refractivity contribution in [1.82, 2.24) is 8.83 Å². The van der Waals surface area contributed by atoms with Crippen molar-refractivity contribution in [2.45, 2.75) is 20.8 Å². The Balaban J connectivity index is 4.25. The van der Waals surface area contributed by atoms with Gasteiger partial charge in [0.2, 0.25) is 5.91 Å². The second-order valence-corrected chi connectivity index (χ2v) is 2.96. The Morgan fingerprint density at radius 2 is 1.67 bits per heavy atom. The maximum atomic E-state index is 11.3. The number of carbonyl (C=O) groups is 2. The monoisotopic (exact) mass is 236 g/mol. The lowest BCUT2D eigenvalue weighted by Gasteiger charge is -2.21. The molecular weight excluding hydrogens is 224 g/mol. The van der Waals surface area contributed by atoms with Gasteiger partial charge in [0.25, 0.3) is 0 Å². The molecule has 0 spiro atoms. The Kier molecular flexibility index (Phi) is 4.89. The van der Waals surface area contributed by atoms with Crippen LogP contribution in [-0.2, 0) is 4.79 Å². The van der Waals surface area contributed by atoms with Gasteiger partial charge in [-0.15, -0.1) is 0 Å². The quantitative estimate of drug-likeness (QED) is 0.684. The smallest absolute Gasteiger partial charge is 0.324 e. The number of carbonyl (C=O) groups excluding carboxylic acids is 2. The van der Waals surface area contributed by atoms with Crippen molar-refractivity contribution in [2.75, 3.05) is 13.1 Å². The van der Waals surface area contributed by atoms with Gasteiger partial charge >= 0.3 is 6.03 Å². The van der Waals surface area contributed by atoms with Crippen LogP contribution in [0.3, 0.4) is 0 Å².